The average molecular weight is 562 g/mol. The molecule has 0 bridgehead atoms. The smallest absolute Gasteiger partial charge is 0.343 e. The first-order valence-electron chi connectivity index (χ1n) is 10.0. The molecule has 0 amide bonds. The lowest BCUT2D eigenvalue weighted by molar-refractivity contribution is -0.441. The molecule has 3 aliphatic heterocycles. The summed E-state index contributed by atoms with van der Waals surface area (Å²) in [5.41, 5.74) is 0. The molecular weight excluding hydrogens is 543 g/mol. The molecule has 3 saturated heterocycles. The molecule has 3 rings (SSSR count). The molecule has 0 aromatic rings. The molecule has 0 N–H and O–H groups in total. The largest absolute Gasteiger partial charge is 0.460 e. The van der Waals surface area contributed by atoms with Crippen LogP contribution < -0.4 is 0 Å². The molecule has 3 fully saturated rings. The van der Waals surface area contributed by atoms with Gasteiger partial charge in [-0.25, -0.2) is 0 Å². The van der Waals surface area contributed by atoms with E-state index in [1.54, 1.807) is 0 Å². The normalized spacial score (nSPS) is 33.4. The maximum absolute atomic E-state index is 14.5. The zero-order valence-corrected chi connectivity index (χ0v) is 18.5. The molecule has 0 saturated carbocycles. The summed E-state index contributed by atoms with van der Waals surface area (Å²) in [5.74, 6) is -40.5. The maximum Gasteiger partial charge on any atom is 0.460 e. The van der Waals surface area contributed by atoms with Crippen LogP contribution >= 0.6 is 0 Å². The van der Waals surface area contributed by atoms with Crippen LogP contribution in [0.5, 0.6) is 0 Å². The molecule has 3 heterocycles. The van der Waals surface area contributed by atoms with Gasteiger partial charge in [-0.2, -0.15) is 57.1 Å². The lowest BCUT2D eigenvalue weighted by Crippen LogP contribution is -2.70. The molecule has 18 heteroatoms. The van der Waals surface area contributed by atoms with Gasteiger partial charge in [0.1, 0.15) is 18.3 Å². The number of rotatable bonds is 6. The summed E-state index contributed by atoms with van der Waals surface area (Å²) >= 11 is 0. The van der Waals surface area contributed by atoms with E-state index in [4.69, 9.17) is 23.7 Å². The lowest BCUT2D eigenvalue weighted by Gasteiger charge is -2.42. The van der Waals surface area contributed by atoms with Gasteiger partial charge in [0, 0.05) is 6.42 Å². The van der Waals surface area contributed by atoms with E-state index in [0.29, 0.717) is 0 Å². The van der Waals surface area contributed by atoms with Crippen molar-refractivity contribution in [2.24, 2.45) is 0 Å². The third-order valence-electron chi connectivity index (χ3n) is 5.71. The Morgan fingerprint density at radius 2 is 0.944 bits per heavy atom. The van der Waals surface area contributed by atoms with Gasteiger partial charge in [-0.3, -0.25) is 0 Å². The number of fused-ring (bicyclic) bond motifs is 3. The average Bonchev–Trinajstić information content (AvgIpc) is 3.14. The van der Waals surface area contributed by atoms with Crippen molar-refractivity contribution < 1.29 is 80.8 Å². The third-order valence-corrected chi connectivity index (χ3v) is 5.71. The first-order valence-corrected chi connectivity index (χ1v) is 10.0. The van der Waals surface area contributed by atoms with E-state index in [2.05, 4.69) is 0 Å². The first kappa shape index (κ1) is 29.4. The molecule has 0 aliphatic carbocycles. The Morgan fingerprint density at radius 3 is 1.44 bits per heavy atom. The van der Waals surface area contributed by atoms with Gasteiger partial charge in [-0.05, 0) is 27.7 Å². The molecule has 5 atom stereocenters. The van der Waals surface area contributed by atoms with Crippen LogP contribution in [0.4, 0.5) is 57.1 Å². The van der Waals surface area contributed by atoms with Crippen molar-refractivity contribution in [2.45, 2.75) is 112 Å². The zero-order chi connectivity index (χ0) is 28.1. The summed E-state index contributed by atoms with van der Waals surface area (Å²) in [6.45, 7) is 5.12. The molecule has 0 unspecified atom stereocenters. The van der Waals surface area contributed by atoms with Crippen LogP contribution in [-0.4, -0.2) is 78.1 Å². The van der Waals surface area contributed by atoms with Crippen molar-refractivity contribution in [1.82, 2.24) is 0 Å². The van der Waals surface area contributed by atoms with Gasteiger partial charge < -0.3 is 23.7 Å². The Bertz CT molecular complexity index is 857. The van der Waals surface area contributed by atoms with Crippen molar-refractivity contribution in [3.63, 3.8) is 0 Å². The van der Waals surface area contributed by atoms with E-state index in [-0.39, 0.29) is 0 Å². The van der Waals surface area contributed by atoms with E-state index < -0.39 is 84.5 Å². The fourth-order valence-corrected chi connectivity index (χ4v) is 4.04. The monoisotopic (exact) mass is 562 g/mol. The quantitative estimate of drug-likeness (QED) is 0.400. The van der Waals surface area contributed by atoms with Crippen LogP contribution in [-0.2, 0) is 23.7 Å². The molecule has 212 valence electrons. The zero-order valence-electron chi connectivity index (χ0n) is 18.5. The van der Waals surface area contributed by atoms with Crippen LogP contribution in [0, 0.1) is 0 Å². The summed E-state index contributed by atoms with van der Waals surface area (Å²) in [5, 5.41) is 0. The number of ether oxygens (including phenoxy) is 5. The highest BCUT2D eigenvalue weighted by Crippen LogP contribution is 2.61. The Morgan fingerprint density at radius 1 is 0.528 bits per heavy atom. The van der Waals surface area contributed by atoms with Crippen LogP contribution in [0.1, 0.15) is 34.1 Å². The second kappa shape index (κ2) is 7.95. The second-order valence-electron chi connectivity index (χ2n) is 9.41. The van der Waals surface area contributed by atoms with Crippen molar-refractivity contribution in [3.8, 4) is 0 Å². The second-order valence-corrected chi connectivity index (χ2v) is 9.41. The molecule has 0 radical (unpaired) electrons. The SMILES string of the molecule is CC1(C)O[C@H]2[C@@H](O1)[C@H](CC(F)(F)C(F)(F)C(F)(F)C(F)(F)C(F)(F)C(F)(F)F)O[C@@H]1OC(C)(C)O[C@@H]12. The van der Waals surface area contributed by atoms with Crippen molar-refractivity contribution in [2.75, 3.05) is 0 Å². The highest BCUT2D eigenvalue weighted by atomic mass is 19.4. The van der Waals surface area contributed by atoms with Crippen LogP contribution in [0.15, 0.2) is 0 Å². The number of halogens is 13. The fraction of sp³-hybridized carbons (Fsp3) is 1.00. The minimum atomic E-state index is -7.98. The Labute approximate surface area is 194 Å². The Hall–Kier alpha value is -1.11. The van der Waals surface area contributed by atoms with E-state index in [9.17, 15) is 57.1 Å². The van der Waals surface area contributed by atoms with Gasteiger partial charge in [0.15, 0.2) is 17.9 Å². The highest BCUT2D eigenvalue weighted by Gasteiger charge is 2.90. The van der Waals surface area contributed by atoms with E-state index in [1.165, 1.54) is 27.7 Å². The van der Waals surface area contributed by atoms with Gasteiger partial charge in [0.2, 0.25) is 0 Å². The van der Waals surface area contributed by atoms with E-state index >= 15 is 0 Å². The van der Waals surface area contributed by atoms with Crippen molar-refractivity contribution in [3.05, 3.63) is 0 Å². The summed E-state index contributed by atoms with van der Waals surface area (Å²) in [6, 6.07) is 0. The minimum absolute atomic E-state index is 1.21. The fourth-order valence-electron chi connectivity index (χ4n) is 4.04. The van der Waals surface area contributed by atoms with Crippen molar-refractivity contribution in [1.29, 1.82) is 0 Å². The predicted molar refractivity (Wildman–Crippen MR) is 87.9 cm³/mol. The van der Waals surface area contributed by atoms with Gasteiger partial charge in [-0.15, -0.1) is 0 Å². The van der Waals surface area contributed by atoms with Crippen LogP contribution in [0.3, 0.4) is 0 Å². The van der Waals surface area contributed by atoms with Gasteiger partial charge >= 0.3 is 35.8 Å². The molecule has 36 heavy (non-hydrogen) atoms. The molecule has 0 aromatic carbocycles. The van der Waals surface area contributed by atoms with Crippen LogP contribution in [0.2, 0.25) is 0 Å². The van der Waals surface area contributed by atoms with Crippen LogP contribution in [0.25, 0.3) is 0 Å². The standard InChI is InChI=1S/C18H19F13O5/c1-11(2)33-7-6(32-10-9(8(7)34-11)35-12(3,4)36-10)5-13(19,20)14(21,22)15(23,24)16(25,26)17(27,28)18(29,30)31/h6-10H,5H2,1-4H3/t6-,7-,8-,9+,10+/m0/s1. The molecule has 0 aromatic heterocycles. The molecule has 3 aliphatic rings. The topological polar surface area (TPSA) is 46.2 Å². The van der Waals surface area contributed by atoms with Crippen molar-refractivity contribution >= 4 is 0 Å². The lowest BCUT2D eigenvalue weighted by atomic mass is 9.88. The Kier molecular flexibility index (Phi) is 6.51. The van der Waals surface area contributed by atoms with Gasteiger partial charge in [-0.1, -0.05) is 0 Å². The van der Waals surface area contributed by atoms with Gasteiger partial charge in [0.25, 0.3) is 0 Å². The van der Waals surface area contributed by atoms with E-state index in [1.807, 2.05) is 0 Å². The highest BCUT2D eigenvalue weighted by molar-refractivity contribution is 5.11. The molecule has 5 nitrogen and oxygen atoms in total. The first-order chi connectivity index (χ1) is 15.7. The molecular formula is C18H19F13O5. The minimum Gasteiger partial charge on any atom is -0.343 e. The Balaban J connectivity index is 1.94. The summed E-state index contributed by atoms with van der Waals surface area (Å²) in [7, 11) is 0. The van der Waals surface area contributed by atoms with E-state index in [0.717, 1.165) is 0 Å². The molecule has 0 spiro atoms. The predicted octanol–water partition coefficient (Wildman–Crippen LogP) is 5.51. The number of alkyl halides is 13. The number of hydrogen-bond acceptors (Lipinski definition) is 5. The van der Waals surface area contributed by atoms with Gasteiger partial charge in [0.05, 0.1) is 6.10 Å². The summed E-state index contributed by atoms with van der Waals surface area (Å²) in [6.07, 6.45) is -18.5. The number of hydrogen-bond donors (Lipinski definition) is 0. The third kappa shape index (κ3) is 4.23. The summed E-state index contributed by atoms with van der Waals surface area (Å²) in [4.78, 5) is 0. The maximum atomic E-state index is 14.5. The summed E-state index contributed by atoms with van der Waals surface area (Å²) < 4.78 is 201.